The van der Waals surface area contributed by atoms with E-state index in [9.17, 15) is 9.59 Å². The third-order valence-corrected chi connectivity index (χ3v) is 5.24. The molecule has 3 N–H and O–H groups in total. The molecule has 7 heteroatoms. The summed E-state index contributed by atoms with van der Waals surface area (Å²) in [6.45, 7) is 2.28. The van der Waals surface area contributed by atoms with Gasteiger partial charge in [-0.05, 0) is 31.9 Å². The van der Waals surface area contributed by atoms with Gasteiger partial charge in [0.15, 0.2) is 11.6 Å². The maximum Gasteiger partial charge on any atom is 0.321 e. The van der Waals surface area contributed by atoms with E-state index in [2.05, 4.69) is 15.6 Å². The van der Waals surface area contributed by atoms with Crippen molar-refractivity contribution in [3.8, 4) is 0 Å². The number of urea groups is 1. The standard InChI is InChI=1S/C16H20N4O2S/c1-10(15-18-12-5-3-4-6-13(12)23-15)20(2)9-14(21)19-16(22)17-11-7-8-11/h3-6,10-11H,7-9H2,1-2H3,(H2,17,19,21,22)/p+1/t10-/m1/s1. The average Bonchev–Trinajstić information content (AvgIpc) is 3.20. The molecule has 1 heterocycles. The number of aromatic nitrogens is 1. The normalized spacial score (nSPS) is 16.8. The molecule has 2 aromatic rings. The molecule has 1 aliphatic rings. The highest BCUT2D eigenvalue weighted by molar-refractivity contribution is 7.18. The van der Waals surface area contributed by atoms with E-state index in [-0.39, 0.29) is 24.5 Å². The van der Waals surface area contributed by atoms with Crippen molar-refractivity contribution >= 4 is 33.5 Å². The van der Waals surface area contributed by atoms with Gasteiger partial charge in [0, 0.05) is 6.04 Å². The minimum Gasteiger partial charge on any atom is -0.335 e. The quantitative estimate of drug-likeness (QED) is 0.760. The van der Waals surface area contributed by atoms with Crippen LogP contribution in [0.4, 0.5) is 4.79 Å². The summed E-state index contributed by atoms with van der Waals surface area (Å²) in [7, 11) is 1.94. The van der Waals surface area contributed by atoms with Crippen molar-refractivity contribution < 1.29 is 14.5 Å². The van der Waals surface area contributed by atoms with Crippen LogP contribution >= 0.6 is 11.3 Å². The van der Waals surface area contributed by atoms with Crippen LogP contribution < -0.4 is 15.5 Å². The zero-order valence-corrected chi connectivity index (χ0v) is 14.1. The van der Waals surface area contributed by atoms with Gasteiger partial charge in [0.05, 0.1) is 17.3 Å². The minimum absolute atomic E-state index is 0.0876. The summed E-state index contributed by atoms with van der Waals surface area (Å²) >= 11 is 1.65. The first-order chi connectivity index (χ1) is 11.0. The number of thiazole rings is 1. The van der Waals surface area contributed by atoms with Crippen molar-refractivity contribution in [2.45, 2.75) is 31.8 Å². The molecule has 1 unspecified atom stereocenters. The number of carbonyl (C=O) groups excluding carboxylic acids is 2. The Morgan fingerprint density at radius 1 is 1.39 bits per heavy atom. The lowest BCUT2D eigenvalue weighted by Gasteiger charge is -2.19. The number of likely N-dealkylation sites (N-methyl/N-ethyl adjacent to an activating group) is 1. The number of amides is 3. The van der Waals surface area contributed by atoms with Crippen molar-refractivity contribution in [2.75, 3.05) is 13.6 Å². The van der Waals surface area contributed by atoms with Crippen LogP contribution in [0.2, 0.25) is 0 Å². The Hall–Kier alpha value is -1.99. The second-order valence-electron chi connectivity index (χ2n) is 6.06. The van der Waals surface area contributed by atoms with Crippen LogP contribution in [0.1, 0.15) is 30.8 Å². The number of imide groups is 1. The summed E-state index contributed by atoms with van der Waals surface area (Å²) in [4.78, 5) is 29.2. The van der Waals surface area contributed by atoms with Crippen LogP contribution in [0, 0.1) is 0 Å². The third-order valence-electron chi connectivity index (χ3n) is 4.02. The fraction of sp³-hybridized carbons (Fsp3) is 0.438. The monoisotopic (exact) mass is 333 g/mol. The molecule has 0 spiro atoms. The Bertz CT molecular complexity index is 693. The smallest absolute Gasteiger partial charge is 0.321 e. The van der Waals surface area contributed by atoms with Gasteiger partial charge in [-0.1, -0.05) is 12.1 Å². The van der Waals surface area contributed by atoms with Crippen LogP contribution in [0.3, 0.4) is 0 Å². The summed E-state index contributed by atoms with van der Waals surface area (Å²) in [5.41, 5.74) is 0.986. The Kier molecular flexibility index (Phi) is 4.58. The fourth-order valence-electron chi connectivity index (χ4n) is 2.31. The number of quaternary nitrogens is 1. The number of carbonyl (C=O) groups is 2. The minimum atomic E-state index is -0.391. The zero-order valence-electron chi connectivity index (χ0n) is 13.3. The van der Waals surface area contributed by atoms with Crippen LogP contribution in [0.25, 0.3) is 10.2 Å². The maximum atomic E-state index is 12.0. The molecule has 122 valence electrons. The number of hydrogen-bond donors (Lipinski definition) is 3. The van der Waals surface area contributed by atoms with Crippen molar-refractivity contribution in [1.82, 2.24) is 15.6 Å². The SMILES string of the molecule is C[C@H](c1nc2ccccc2s1)[NH+](C)CC(=O)NC(=O)NC1CC1. The Morgan fingerprint density at radius 2 is 2.13 bits per heavy atom. The van der Waals surface area contributed by atoms with E-state index in [1.54, 1.807) is 11.3 Å². The molecule has 6 nitrogen and oxygen atoms in total. The molecule has 3 amide bonds. The first-order valence-electron chi connectivity index (χ1n) is 7.81. The highest BCUT2D eigenvalue weighted by Crippen LogP contribution is 2.24. The summed E-state index contributed by atoms with van der Waals surface area (Å²) < 4.78 is 1.15. The predicted molar refractivity (Wildman–Crippen MR) is 89.5 cm³/mol. The first-order valence-corrected chi connectivity index (χ1v) is 8.62. The Labute approximate surface area is 138 Å². The lowest BCUT2D eigenvalue weighted by atomic mass is 10.3. The molecule has 0 saturated heterocycles. The summed E-state index contributed by atoms with van der Waals surface area (Å²) in [6.07, 6.45) is 2.00. The highest BCUT2D eigenvalue weighted by atomic mass is 32.1. The van der Waals surface area contributed by atoms with Gasteiger partial charge in [-0.2, -0.15) is 0 Å². The van der Waals surface area contributed by atoms with Gasteiger partial charge < -0.3 is 10.2 Å². The van der Waals surface area contributed by atoms with Crippen molar-refractivity contribution in [3.63, 3.8) is 0 Å². The molecule has 0 bridgehead atoms. The molecule has 0 aliphatic heterocycles. The highest BCUT2D eigenvalue weighted by Gasteiger charge is 2.26. The predicted octanol–water partition coefficient (Wildman–Crippen LogP) is 0.860. The number of fused-ring (bicyclic) bond motifs is 1. The van der Waals surface area contributed by atoms with E-state index in [0.717, 1.165) is 33.0 Å². The number of hydrogen-bond acceptors (Lipinski definition) is 4. The largest absolute Gasteiger partial charge is 0.335 e. The van der Waals surface area contributed by atoms with Gasteiger partial charge >= 0.3 is 6.03 Å². The number of nitrogens with zero attached hydrogens (tertiary/aromatic N) is 1. The number of nitrogens with one attached hydrogen (secondary N) is 3. The lowest BCUT2D eigenvalue weighted by Crippen LogP contribution is -3.10. The first kappa shape index (κ1) is 15.9. The van der Waals surface area contributed by atoms with Crippen molar-refractivity contribution in [3.05, 3.63) is 29.3 Å². The number of rotatable bonds is 5. The molecule has 1 aliphatic carbocycles. The van der Waals surface area contributed by atoms with E-state index in [1.807, 2.05) is 38.2 Å². The van der Waals surface area contributed by atoms with E-state index < -0.39 is 6.03 Å². The van der Waals surface area contributed by atoms with Gasteiger partial charge in [-0.15, -0.1) is 11.3 Å². The molecule has 3 rings (SSSR count). The lowest BCUT2D eigenvalue weighted by molar-refractivity contribution is -0.902. The molecule has 1 aromatic heterocycles. The molecule has 0 radical (unpaired) electrons. The van der Waals surface area contributed by atoms with Gasteiger partial charge in [-0.3, -0.25) is 10.1 Å². The van der Waals surface area contributed by atoms with Gasteiger partial charge in [0.2, 0.25) is 0 Å². The molecule has 1 saturated carbocycles. The summed E-state index contributed by atoms with van der Waals surface area (Å²) in [5, 5.41) is 6.13. The zero-order chi connectivity index (χ0) is 16.4. The van der Waals surface area contributed by atoms with Crippen LogP contribution in [0.15, 0.2) is 24.3 Å². The summed E-state index contributed by atoms with van der Waals surface area (Å²) in [6, 6.07) is 7.95. The maximum absolute atomic E-state index is 12.0. The van der Waals surface area contributed by atoms with Crippen LogP contribution in [0.5, 0.6) is 0 Å². The Balaban J connectivity index is 1.56. The Morgan fingerprint density at radius 3 is 2.83 bits per heavy atom. The molecule has 23 heavy (non-hydrogen) atoms. The fourth-order valence-corrected chi connectivity index (χ4v) is 3.42. The van der Waals surface area contributed by atoms with Crippen LogP contribution in [-0.2, 0) is 4.79 Å². The number of para-hydroxylation sites is 1. The van der Waals surface area contributed by atoms with Crippen LogP contribution in [-0.4, -0.2) is 36.6 Å². The molecular formula is C16H21N4O2S+. The summed E-state index contributed by atoms with van der Waals surface area (Å²) in [5.74, 6) is -0.270. The van der Waals surface area contributed by atoms with E-state index >= 15 is 0 Å². The van der Waals surface area contributed by atoms with E-state index in [4.69, 9.17) is 0 Å². The average molecular weight is 333 g/mol. The van der Waals surface area contributed by atoms with Gasteiger partial charge in [0.1, 0.15) is 6.04 Å². The topological polar surface area (TPSA) is 75.5 Å². The number of benzene rings is 1. The van der Waals surface area contributed by atoms with Crippen molar-refractivity contribution in [1.29, 1.82) is 0 Å². The second kappa shape index (κ2) is 6.64. The molecule has 1 aromatic carbocycles. The van der Waals surface area contributed by atoms with E-state index in [0.29, 0.717) is 0 Å². The molecule has 2 atom stereocenters. The van der Waals surface area contributed by atoms with Gasteiger partial charge in [-0.25, -0.2) is 9.78 Å². The molecule has 1 fully saturated rings. The van der Waals surface area contributed by atoms with E-state index in [1.165, 1.54) is 0 Å². The van der Waals surface area contributed by atoms with Crippen molar-refractivity contribution in [2.24, 2.45) is 0 Å². The van der Waals surface area contributed by atoms with Gasteiger partial charge in [0.25, 0.3) is 5.91 Å². The molecular weight excluding hydrogens is 312 g/mol. The second-order valence-corrected chi connectivity index (χ2v) is 7.12. The third kappa shape index (κ3) is 4.05.